The van der Waals surface area contributed by atoms with Crippen molar-refractivity contribution in [3.63, 3.8) is 0 Å². The summed E-state index contributed by atoms with van der Waals surface area (Å²) in [7, 11) is 4.68. The van der Waals surface area contributed by atoms with Crippen molar-refractivity contribution in [1.82, 2.24) is 4.90 Å². The lowest BCUT2D eigenvalue weighted by atomic mass is 9.94. The summed E-state index contributed by atoms with van der Waals surface area (Å²) in [6.07, 6.45) is 0.513. The Morgan fingerprint density at radius 1 is 0.921 bits per heavy atom. The molecule has 0 bridgehead atoms. The number of hydrogen-bond acceptors (Lipinski definition) is 7. The Morgan fingerprint density at radius 2 is 1.58 bits per heavy atom. The van der Waals surface area contributed by atoms with Gasteiger partial charge in [-0.15, -0.1) is 0 Å². The lowest BCUT2D eigenvalue weighted by Gasteiger charge is -2.27. The Morgan fingerprint density at radius 3 is 2.21 bits per heavy atom. The van der Waals surface area contributed by atoms with Crippen molar-refractivity contribution < 1.29 is 33.3 Å². The molecule has 0 aliphatic carbocycles. The number of aliphatic hydroxyl groups excluding tert-OH is 1. The number of carbonyl (C=O) groups is 2. The normalized spacial score (nSPS) is 15.3. The average Bonchev–Trinajstić information content (AvgIpc) is 3.51. The number of fused-ring (bicyclic) bond motifs is 1. The Hall–Kier alpha value is -4.72. The van der Waals surface area contributed by atoms with Gasteiger partial charge in [-0.25, -0.2) is 0 Å². The molecule has 8 heteroatoms. The highest BCUT2D eigenvalue weighted by atomic mass is 16.5. The van der Waals surface area contributed by atoms with Crippen LogP contribution in [0.3, 0.4) is 0 Å². The van der Waals surface area contributed by atoms with Gasteiger partial charge in [-0.1, -0.05) is 36.4 Å². The molecular formula is C30H27NO7. The highest BCUT2D eigenvalue weighted by molar-refractivity contribution is 6.16. The number of nitrogens with zero attached hydrogens (tertiary/aromatic N) is 1. The van der Waals surface area contributed by atoms with Crippen molar-refractivity contribution >= 4 is 22.7 Å². The molecule has 1 aliphatic heterocycles. The number of amides is 1. The summed E-state index contributed by atoms with van der Waals surface area (Å²) in [6.45, 7) is 0.274. The van der Waals surface area contributed by atoms with E-state index in [0.29, 0.717) is 34.5 Å². The second-order valence-corrected chi connectivity index (χ2v) is 8.85. The number of aliphatic hydroxyl groups is 1. The zero-order valence-corrected chi connectivity index (χ0v) is 21.3. The molecule has 0 saturated heterocycles. The second-order valence-electron chi connectivity index (χ2n) is 8.85. The lowest BCUT2D eigenvalue weighted by molar-refractivity contribution is -0.129. The van der Waals surface area contributed by atoms with Crippen molar-refractivity contribution in [2.45, 2.75) is 12.5 Å². The summed E-state index contributed by atoms with van der Waals surface area (Å²) in [5.41, 5.74) is 2.03. The summed E-state index contributed by atoms with van der Waals surface area (Å²) in [5.74, 6) is 0.0886. The molecule has 194 valence electrons. The first-order valence-corrected chi connectivity index (χ1v) is 12.1. The van der Waals surface area contributed by atoms with E-state index < -0.39 is 23.5 Å². The quantitative estimate of drug-likeness (QED) is 0.304. The maximum absolute atomic E-state index is 13.8. The minimum absolute atomic E-state index is 0.00867. The molecule has 1 N–H and O–H groups in total. The van der Waals surface area contributed by atoms with Crippen LogP contribution in [0.1, 0.15) is 27.7 Å². The van der Waals surface area contributed by atoms with Crippen molar-refractivity contribution in [2.24, 2.45) is 0 Å². The van der Waals surface area contributed by atoms with Crippen molar-refractivity contribution in [2.75, 3.05) is 27.9 Å². The lowest BCUT2D eigenvalue weighted by Crippen LogP contribution is -2.33. The molecule has 8 nitrogen and oxygen atoms in total. The van der Waals surface area contributed by atoms with Gasteiger partial charge in [0.05, 0.1) is 32.9 Å². The fraction of sp³-hybridized carbons (Fsp3) is 0.200. The number of carbonyl (C=O) groups excluding carboxylic acids is 2. The highest BCUT2D eigenvalue weighted by Crippen LogP contribution is 2.40. The van der Waals surface area contributed by atoms with Gasteiger partial charge in [-0.2, -0.15) is 0 Å². The number of benzene rings is 3. The number of methoxy groups -OCH3 is 3. The van der Waals surface area contributed by atoms with Crippen LogP contribution in [-0.2, 0) is 11.2 Å². The Balaban J connectivity index is 1.52. The monoisotopic (exact) mass is 513 g/mol. The van der Waals surface area contributed by atoms with Crippen molar-refractivity contribution in [3.8, 4) is 17.2 Å². The van der Waals surface area contributed by atoms with E-state index >= 15 is 0 Å². The first kappa shape index (κ1) is 25.0. The summed E-state index contributed by atoms with van der Waals surface area (Å²) in [6, 6.07) is 20.7. The maximum Gasteiger partial charge on any atom is 0.290 e. The minimum atomic E-state index is -0.811. The summed E-state index contributed by atoms with van der Waals surface area (Å²) in [4.78, 5) is 28.6. The third-order valence-electron chi connectivity index (χ3n) is 6.73. The van der Waals surface area contributed by atoms with Crippen LogP contribution >= 0.6 is 0 Å². The average molecular weight is 514 g/mol. The molecule has 1 aliphatic rings. The molecule has 0 spiro atoms. The predicted octanol–water partition coefficient (Wildman–Crippen LogP) is 5.28. The maximum atomic E-state index is 13.8. The molecule has 1 amide bonds. The van der Waals surface area contributed by atoms with Crippen LogP contribution in [0.15, 0.2) is 88.5 Å². The largest absolute Gasteiger partial charge is 0.503 e. The molecular weight excluding hydrogens is 486 g/mol. The molecule has 0 saturated carbocycles. The van der Waals surface area contributed by atoms with Crippen LogP contribution in [0.5, 0.6) is 17.2 Å². The van der Waals surface area contributed by atoms with Crippen LogP contribution in [0.2, 0.25) is 0 Å². The highest BCUT2D eigenvalue weighted by Gasteiger charge is 2.44. The molecule has 0 fully saturated rings. The van der Waals surface area contributed by atoms with E-state index in [9.17, 15) is 14.7 Å². The van der Waals surface area contributed by atoms with E-state index in [2.05, 4.69) is 0 Å². The van der Waals surface area contributed by atoms with Crippen molar-refractivity contribution in [3.05, 3.63) is 101 Å². The number of para-hydroxylation sites is 1. The number of hydrogen-bond donors (Lipinski definition) is 1. The van der Waals surface area contributed by atoms with Gasteiger partial charge < -0.3 is 28.6 Å². The standard InChI is InChI=1S/C30H27NO7/c1-35-21-11-7-18(8-12-21)15-16-31-26(19-9-13-22(36-2)14-10-19)25(28(33)30(31)34)27(32)24-17-20-5-4-6-23(37-3)29(20)38-24/h4-14,17,26,33H,15-16H2,1-3H3. The molecule has 4 aromatic rings. The second kappa shape index (κ2) is 10.3. The van der Waals surface area contributed by atoms with E-state index in [4.69, 9.17) is 18.6 Å². The third kappa shape index (κ3) is 4.45. The topological polar surface area (TPSA) is 98.4 Å². The molecule has 0 radical (unpaired) electrons. The Kier molecular flexibility index (Phi) is 6.79. The SMILES string of the molecule is COc1ccc(CCN2C(=O)C(O)=C(C(=O)c3cc4cccc(OC)c4o3)C2c2ccc(OC)cc2)cc1. The smallest absolute Gasteiger partial charge is 0.290 e. The van der Waals surface area contributed by atoms with Gasteiger partial charge in [0.1, 0.15) is 11.5 Å². The predicted molar refractivity (Wildman–Crippen MR) is 141 cm³/mol. The fourth-order valence-electron chi connectivity index (χ4n) is 4.73. The van der Waals surface area contributed by atoms with E-state index in [1.807, 2.05) is 24.3 Å². The van der Waals surface area contributed by atoms with Gasteiger partial charge in [0.25, 0.3) is 5.91 Å². The summed E-state index contributed by atoms with van der Waals surface area (Å²) in [5, 5.41) is 11.7. The molecule has 1 aromatic heterocycles. The zero-order chi connectivity index (χ0) is 26.8. The van der Waals surface area contributed by atoms with E-state index in [0.717, 1.165) is 11.3 Å². The number of ether oxygens (including phenoxy) is 3. The number of ketones is 1. The fourth-order valence-corrected chi connectivity index (χ4v) is 4.73. The van der Waals surface area contributed by atoms with Gasteiger partial charge in [0, 0.05) is 11.9 Å². The molecule has 3 aromatic carbocycles. The Bertz CT molecular complexity index is 1520. The summed E-state index contributed by atoms with van der Waals surface area (Å²) >= 11 is 0. The van der Waals surface area contributed by atoms with Gasteiger partial charge in [-0.05, 0) is 53.9 Å². The van der Waals surface area contributed by atoms with Crippen LogP contribution in [-0.4, -0.2) is 49.6 Å². The molecule has 2 heterocycles. The minimum Gasteiger partial charge on any atom is -0.503 e. The van der Waals surface area contributed by atoms with E-state index in [1.165, 1.54) is 12.0 Å². The number of rotatable bonds is 9. The van der Waals surface area contributed by atoms with Gasteiger partial charge in [0.2, 0.25) is 5.78 Å². The molecule has 5 rings (SSSR count). The number of furan rings is 1. The molecule has 1 unspecified atom stereocenters. The van der Waals surface area contributed by atoms with Crippen LogP contribution in [0, 0.1) is 0 Å². The first-order valence-electron chi connectivity index (χ1n) is 12.1. The summed E-state index contributed by atoms with van der Waals surface area (Å²) < 4.78 is 21.7. The van der Waals surface area contributed by atoms with E-state index in [1.54, 1.807) is 62.8 Å². The van der Waals surface area contributed by atoms with E-state index in [-0.39, 0.29) is 17.9 Å². The van der Waals surface area contributed by atoms with Gasteiger partial charge >= 0.3 is 0 Å². The van der Waals surface area contributed by atoms with Crippen LogP contribution < -0.4 is 14.2 Å². The molecule has 38 heavy (non-hydrogen) atoms. The molecule has 1 atom stereocenters. The van der Waals surface area contributed by atoms with Crippen molar-refractivity contribution in [1.29, 1.82) is 0 Å². The van der Waals surface area contributed by atoms with Crippen LogP contribution in [0.25, 0.3) is 11.0 Å². The van der Waals surface area contributed by atoms with Crippen LogP contribution in [0.4, 0.5) is 0 Å². The first-order chi connectivity index (χ1) is 18.4. The zero-order valence-electron chi connectivity index (χ0n) is 21.3. The van der Waals surface area contributed by atoms with Gasteiger partial charge in [-0.3, -0.25) is 9.59 Å². The Labute approximate surface area is 219 Å². The van der Waals surface area contributed by atoms with Gasteiger partial charge in [0.15, 0.2) is 22.9 Å². The third-order valence-corrected chi connectivity index (χ3v) is 6.73. The number of Topliss-reactive ketones (excluding diaryl/α,β-unsaturated/α-hetero) is 1.